The molecular weight excluding hydrogens is 422 g/mol. The zero-order chi connectivity index (χ0) is 21.8. The summed E-state index contributed by atoms with van der Waals surface area (Å²) in [6.45, 7) is 2.41. The Balaban J connectivity index is 1.26. The minimum absolute atomic E-state index is 0.236. The number of benzene rings is 1. The van der Waals surface area contributed by atoms with Gasteiger partial charge in [0.2, 0.25) is 11.7 Å². The highest BCUT2D eigenvalue weighted by atomic mass is 32.1. The average Bonchev–Trinajstić information content (AvgIpc) is 3.54. The maximum atomic E-state index is 12.6. The Kier molecular flexibility index (Phi) is 6.11. The lowest BCUT2D eigenvalue weighted by Crippen LogP contribution is -2.32. The Hall–Kier alpha value is -3.26. The van der Waals surface area contributed by atoms with Gasteiger partial charge in [-0.25, -0.2) is 4.98 Å². The van der Waals surface area contributed by atoms with Gasteiger partial charge in [-0.2, -0.15) is 4.98 Å². The van der Waals surface area contributed by atoms with Gasteiger partial charge >= 0.3 is 0 Å². The normalized spacial score (nSPS) is 14.9. The minimum Gasteiger partial charge on any atom is -0.343 e. The van der Waals surface area contributed by atoms with Gasteiger partial charge in [-0.05, 0) is 48.6 Å². The van der Waals surface area contributed by atoms with Crippen molar-refractivity contribution < 1.29 is 9.32 Å². The number of nitrogens with zero attached hydrogens (tertiary/aromatic N) is 5. The van der Waals surface area contributed by atoms with Gasteiger partial charge in [0.15, 0.2) is 0 Å². The van der Waals surface area contributed by atoms with Gasteiger partial charge < -0.3 is 14.0 Å². The third kappa shape index (κ3) is 4.65. The molecule has 5 rings (SSSR count). The van der Waals surface area contributed by atoms with Gasteiger partial charge in [-0.3, -0.25) is 4.79 Å². The standard InChI is InChI=1S/C24H25N5O2S/c30-23(28-12-3-1-2-4-13-28)11-14-29-17-25-20-16-18(7-9-21(20)29)24-26-22(31-27-24)10-8-19-6-5-15-32-19/h5-10,15-17H,1-4,11-14H2. The first-order chi connectivity index (χ1) is 15.8. The topological polar surface area (TPSA) is 77.0 Å². The monoisotopic (exact) mass is 447 g/mol. The van der Waals surface area contributed by atoms with E-state index >= 15 is 0 Å². The van der Waals surface area contributed by atoms with Crippen LogP contribution in [0, 0.1) is 0 Å². The number of fused-ring (bicyclic) bond motifs is 1. The van der Waals surface area contributed by atoms with E-state index in [2.05, 4.69) is 15.1 Å². The van der Waals surface area contributed by atoms with E-state index in [0.29, 0.717) is 24.7 Å². The molecular formula is C24H25N5O2S. The lowest BCUT2D eigenvalue weighted by atomic mass is 10.2. The van der Waals surface area contributed by atoms with Crippen LogP contribution in [-0.2, 0) is 11.3 Å². The molecule has 164 valence electrons. The van der Waals surface area contributed by atoms with Crippen LogP contribution in [0.3, 0.4) is 0 Å². The summed E-state index contributed by atoms with van der Waals surface area (Å²) in [7, 11) is 0. The SMILES string of the molecule is O=C(CCn1cnc2cc(-c3noc(C=Cc4cccs4)n3)ccc21)N1CCCCCC1. The number of hydrogen-bond donors (Lipinski definition) is 0. The van der Waals surface area contributed by atoms with Crippen molar-refractivity contribution in [2.24, 2.45) is 0 Å². The van der Waals surface area contributed by atoms with Crippen LogP contribution in [0.5, 0.6) is 0 Å². The second-order valence-corrected chi connectivity index (χ2v) is 8.97. The lowest BCUT2D eigenvalue weighted by molar-refractivity contribution is -0.131. The van der Waals surface area contributed by atoms with E-state index in [-0.39, 0.29) is 5.91 Å². The maximum Gasteiger partial charge on any atom is 0.250 e. The summed E-state index contributed by atoms with van der Waals surface area (Å²) in [6.07, 6.45) is 10.8. The fraction of sp³-hybridized carbons (Fsp3) is 0.333. The van der Waals surface area contributed by atoms with Crippen molar-refractivity contribution in [1.82, 2.24) is 24.6 Å². The number of amides is 1. The molecule has 0 radical (unpaired) electrons. The van der Waals surface area contributed by atoms with E-state index in [9.17, 15) is 4.79 Å². The molecule has 0 unspecified atom stereocenters. The van der Waals surface area contributed by atoms with Crippen LogP contribution in [0.4, 0.5) is 0 Å². The number of aromatic nitrogens is 4. The molecule has 0 bridgehead atoms. The minimum atomic E-state index is 0.236. The number of likely N-dealkylation sites (tertiary alicyclic amines) is 1. The zero-order valence-electron chi connectivity index (χ0n) is 17.8. The largest absolute Gasteiger partial charge is 0.343 e. The Bertz CT molecular complexity index is 1220. The number of hydrogen-bond acceptors (Lipinski definition) is 6. The molecule has 0 spiro atoms. The third-order valence-electron chi connectivity index (χ3n) is 5.78. The van der Waals surface area contributed by atoms with Crippen LogP contribution in [0.2, 0.25) is 0 Å². The van der Waals surface area contributed by atoms with Gasteiger partial charge in [0.1, 0.15) is 0 Å². The van der Waals surface area contributed by atoms with Gasteiger partial charge in [-0.15, -0.1) is 11.3 Å². The Morgan fingerprint density at radius 3 is 2.81 bits per heavy atom. The van der Waals surface area contributed by atoms with Gasteiger partial charge in [-0.1, -0.05) is 24.1 Å². The van der Waals surface area contributed by atoms with E-state index in [1.807, 2.05) is 57.3 Å². The number of thiophene rings is 1. The van der Waals surface area contributed by atoms with Crippen LogP contribution < -0.4 is 0 Å². The van der Waals surface area contributed by atoms with Crippen molar-refractivity contribution in [3.63, 3.8) is 0 Å². The molecule has 1 amide bonds. The lowest BCUT2D eigenvalue weighted by Gasteiger charge is -2.20. The van der Waals surface area contributed by atoms with Crippen molar-refractivity contribution >= 4 is 40.4 Å². The number of rotatable bonds is 6. The number of imidazole rings is 1. The van der Waals surface area contributed by atoms with Crippen molar-refractivity contribution in [3.8, 4) is 11.4 Å². The summed E-state index contributed by atoms with van der Waals surface area (Å²) < 4.78 is 7.40. The molecule has 1 aliphatic rings. The quantitative estimate of drug-likeness (QED) is 0.410. The highest BCUT2D eigenvalue weighted by molar-refractivity contribution is 7.10. The smallest absolute Gasteiger partial charge is 0.250 e. The fourth-order valence-electron chi connectivity index (χ4n) is 4.04. The molecule has 7 nitrogen and oxygen atoms in total. The van der Waals surface area contributed by atoms with Crippen LogP contribution in [0.25, 0.3) is 34.6 Å². The van der Waals surface area contributed by atoms with Crippen molar-refractivity contribution in [2.75, 3.05) is 13.1 Å². The molecule has 0 saturated carbocycles. The Morgan fingerprint density at radius 2 is 2.00 bits per heavy atom. The highest BCUT2D eigenvalue weighted by Crippen LogP contribution is 2.23. The second-order valence-electron chi connectivity index (χ2n) is 7.99. The molecule has 1 saturated heterocycles. The molecule has 1 fully saturated rings. The first kappa shape index (κ1) is 20.6. The third-order valence-corrected chi connectivity index (χ3v) is 6.62. The fourth-order valence-corrected chi connectivity index (χ4v) is 4.65. The zero-order valence-corrected chi connectivity index (χ0v) is 18.6. The van der Waals surface area contributed by atoms with Crippen molar-refractivity contribution in [3.05, 3.63) is 52.8 Å². The molecule has 0 atom stereocenters. The van der Waals surface area contributed by atoms with E-state index in [0.717, 1.165) is 47.4 Å². The molecule has 4 aromatic rings. The van der Waals surface area contributed by atoms with E-state index in [4.69, 9.17) is 4.52 Å². The van der Waals surface area contributed by atoms with E-state index < -0.39 is 0 Å². The molecule has 32 heavy (non-hydrogen) atoms. The number of carbonyl (C=O) groups is 1. The maximum absolute atomic E-state index is 12.6. The summed E-state index contributed by atoms with van der Waals surface area (Å²) in [5.41, 5.74) is 2.70. The van der Waals surface area contributed by atoms with Gasteiger partial charge in [0.25, 0.3) is 5.89 Å². The Labute approximate surface area is 190 Å². The summed E-state index contributed by atoms with van der Waals surface area (Å²) in [4.78, 5) is 24.8. The molecule has 3 aromatic heterocycles. The second kappa shape index (κ2) is 9.48. The predicted octanol–water partition coefficient (Wildman–Crippen LogP) is 5.11. The van der Waals surface area contributed by atoms with E-state index in [1.165, 1.54) is 12.8 Å². The van der Waals surface area contributed by atoms with Crippen LogP contribution >= 0.6 is 11.3 Å². The molecule has 0 N–H and O–H groups in total. The summed E-state index contributed by atoms with van der Waals surface area (Å²) >= 11 is 1.65. The summed E-state index contributed by atoms with van der Waals surface area (Å²) in [5, 5.41) is 6.13. The van der Waals surface area contributed by atoms with Crippen molar-refractivity contribution in [2.45, 2.75) is 38.6 Å². The predicted molar refractivity (Wildman–Crippen MR) is 126 cm³/mol. The first-order valence-electron chi connectivity index (χ1n) is 11.0. The Morgan fingerprint density at radius 1 is 1.12 bits per heavy atom. The molecule has 0 aliphatic carbocycles. The van der Waals surface area contributed by atoms with Gasteiger partial charge in [0, 0.05) is 42.6 Å². The van der Waals surface area contributed by atoms with Gasteiger partial charge in [0.05, 0.1) is 17.4 Å². The van der Waals surface area contributed by atoms with Crippen LogP contribution in [0.15, 0.2) is 46.6 Å². The molecule has 4 heterocycles. The molecule has 1 aliphatic heterocycles. The molecule has 8 heteroatoms. The summed E-state index contributed by atoms with van der Waals surface area (Å²) in [6, 6.07) is 9.97. The summed E-state index contributed by atoms with van der Waals surface area (Å²) in [5.74, 6) is 1.23. The number of carbonyl (C=O) groups excluding carboxylic acids is 1. The average molecular weight is 448 g/mol. The van der Waals surface area contributed by atoms with Crippen LogP contribution in [-0.4, -0.2) is 43.6 Å². The first-order valence-corrected chi connectivity index (χ1v) is 11.9. The van der Waals surface area contributed by atoms with Crippen LogP contribution in [0.1, 0.15) is 42.9 Å². The number of aryl methyl sites for hydroxylation is 1. The van der Waals surface area contributed by atoms with E-state index in [1.54, 1.807) is 17.7 Å². The van der Waals surface area contributed by atoms with Crippen molar-refractivity contribution in [1.29, 1.82) is 0 Å². The highest BCUT2D eigenvalue weighted by Gasteiger charge is 2.16. The molecule has 1 aromatic carbocycles.